The molecule has 0 aromatic heterocycles. The Hall–Kier alpha value is -1.37. The van der Waals surface area contributed by atoms with Gasteiger partial charge in [0.2, 0.25) is 0 Å². The summed E-state index contributed by atoms with van der Waals surface area (Å²) in [5.74, 6) is 0.513. The zero-order chi connectivity index (χ0) is 15.0. The van der Waals surface area contributed by atoms with Gasteiger partial charge in [-0.1, -0.05) is 37.9 Å². The second-order valence-electron chi connectivity index (χ2n) is 4.77. The molecule has 1 aliphatic rings. The van der Waals surface area contributed by atoms with E-state index in [1.165, 1.54) is 0 Å². The van der Waals surface area contributed by atoms with Gasteiger partial charge in [-0.05, 0) is 41.5 Å². The standard InChI is InChI=1S/C15H12Br2N2O2/c16-10-3-9(4-11(17)6-10)15(18)8-1-2-13-12(5-8)19-14(20)7-21-13/h1-6,15H,7,18H2,(H,19,20). The number of fused-ring (bicyclic) bond motifs is 1. The Kier molecular flexibility index (Phi) is 4.01. The van der Waals surface area contributed by atoms with Crippen molar-refractivity contribution < 1.29 is 9.53 Å². The van der Waals surface area contributed by atoms with E-state index in [2.05, 4.69) is 37.2 Å². The van der Waals surface area contributed by atoms with Gasteiger partial charge in [-0.15, -0.1) is 0 Å². The number of carbonyl (C=O) groups excluding carboxylic acids is 1. The zero-order valence-corrected chi connectivity index (χ0v) is 14.1. The lowest BCUT2D eigenvalue weighted by Crippen LogP contribution is -2.25. The largest absolute Gasteiger partial charge is 0.482 e. The lowest BCUT2D eigenvalue weighted by atomic mass is 9.99. The van der Waals surface area contributed by atoms with E-state index in [1.54, 1.807) is 0 Å². The number of rotatable bonds is 2. The third-order valence-corrected chi connectivity index (χ3v) is 4.16. The highest BCUT2D eigenvalue weighted by Gasteiger charge is 2.18. The van der Waals surface area contributed by atoms with E-state index >= 15 is 0 Å². The number of benzene rings is 2. The fourth-order valence-corrected chi connectivity index (χ4v) is 3.57. The molecule has 0 radical (unpaired) electrons. The van der Waals surface area contributed by atoms with Crippen LogP contribution in [0.15, 0.2) is 45.3 Å². The molecular formula is C15H12Br2N2O2. The average molecular weight is 412 g/mol. The molecule has 1 heterocycles. The van der Waals surface area contributed by atoms with Crippen LogP contribution >= 0.6 is 31.9 Å². The first-order valence-corrected chi connectivity index (χ1v) is 7.90. The van der Waals surface area contributed by atoms with Crippen LogP contribution in [0, 0.1) is 0 Å². The molecule has 6 heteroatoms. The first-order chi connectivity index (χ1) is 10.0. The summed E-state index contributed by atoms with van der Waals surface area (Å²) in [7, 11) is 0. The number of hydrogen-bond donors (Lipinski definition) is 2. The highest BCUT2D eigenvalue weighted by molar-refractivity contribution is 9.11. The van der Waals surface area contributed by atoms with E-state index in [9.17, 15) is 4.79 Å². The van der Waals surface area contributed by atoms with Crippen LogP contribution in [0.2, 0.25) is 0 Å². The minimum atomic E-state index is -0.289. The van der Waals surface area contributed by atoms with Gasteiger partial charge >= 0.3 is 0 Å². The van der Waals surface area contributed by atoms with Crippen molar-refractivity contribution in [3.63, 3.8) is 0 Å². The van der Waals surface area contributed by atoms with E-state index in [4.69, 9.17) is 10.5 Å². The fourth-order valence-electron chi connectivity index (χ4n) is 2.24. The molecule has 0 bridgehead atoms. The summed E-state index contributed by atoms with van der Waals surface area (Å²) in [5, 5.41) is 2.79. The number of halogens is 2. The fraction of sp³-hybridized carbons (Fsp3) is 0.133. The molecule has 4 nitrogen and oxygen atoms in total. The predicted octanol–water partition coefficient (Wildman–Crippen LogP) is 3.59. The van der Waals surface area contributed by atoms with Gasteiger partial charge in [0.25, 0.3) is 5.91 Å². The Morgan fingerprint density at radius 1 is 1.10 bits per heavy atom. The Balaban J connectivity index is 1.96. The molecule has 0 saturated carbocycles. The normalized spacial score (nSPS) is 14.9. The highest BCUT2D eigenvalue weighted by Crippen LogP contribution is 2.33. The predicted molar refractivity (Wildman–Crippen MR) is 88.4 cm³/mol. The number of ether oxygens (including phenoxy) is 1. The van der Waals surface area contributed by atoms with E-state index in [0.29, 0.717) is 11.4 Å². The minimum Gasteiger partial charge on any atom is -0.482 e. The number of hydrogen-bond acceptors (Lipinski definition) is 3. The maximum absolute atomic E-state index is 11.4. The summed E-state index contributed by atoms with van der Waals surface area (Å²) in [5.41, 5.74) is 8.87. The summed E-state index contributed by atoms with van der Waals surface area (Å²) in [6, 6.07) is 11.2. The van der Waals surface area contributed by atoms with Crippen molar-refractivity contribution in [2.75, 3.05) is 11.9 Å². The molecular weight excluding hydrogens is 400 g/mol. The van der Waals surface area contributed by atoms with Crippen LogP contribution < -0.4 is 15.8 Å². The zero-order valence-electron chi connectivity index (χ0n) is 10.9. The van der Waals surface area contributed by atoms with Gasteiger partial charge in [0.1, 0.15) is 5.75 Å². The summed E-state index contributed by atoms with van der Waals surface area (Å²) in [4.78, 5) is 11.4. The number of amides is 1. The van der Waals surface area contributed by atoms with Crippen LogP contribution in [0.4, 0.5) is 5.69 Å². The Bertz CT molecular complexity index is 699. The summed E-state index contributed by atoms with van der Waals surface area (Å²) in [6.07, 6.45) is 0. The van der Waals surface area contributed by atoms with Gasteiger partial charge in [0.15, 0.2) is 6.61 Å². The van der Waals surface area contributed by atoms with Crippen molar-refractivity contribution in [2.24, 2.45) is 5.73 Å². The molecule has 1 aliphatic heterocycles. The van der Waals surface area contributed by atoms with Crippen LogP contribution in [-0.4, -0.2) is 12.5 Å². The molecule has 108 valence electrons. The molecule has 0 aliphatic carbocycles. The highest BCUT2D eigenvalue weighted by atomic mass is 79.9. The Morgan fingerprint density at radius 2 is 1.81 bits per heavy atom. The molecule has 3 N–H and O–H groups in total. The van der Waals surface area contributed by atoms with Crippen LogP contribution in [0.5, 0.6) is 5.75 Å². The van der Waals surface area contributed by atoms with E-state index in [0.717, 1.165) is 20.1 Å². The lowest BCUT2D eigenvalue weighted by molar-refractivity contribution is -0.118. The maximum Gasteiger partial charge on any atom is 0.262 e. The van der Waals surface area contributed by atoms with Crippen molar-refractivity contribution in [3.05, 3.63) is 56.5 Å². The monoisotopic (exact) mass is 410 g/mol. The molecule has 3 rings (SSSR count). The Labute approximate surface area is 138 Å². The van der Waals surface area contributed by atoms with Crippen molar-refractivity contribution in [2.45, 2.75) is 6.04 Å². The summed E-state index contributed by atoms with van der Waals surface area (Å²) >= 11 is 6.92. The minimum absolute atomic E-state index is 0.0526. The Morgan fingerprint density at radius 3 is 2.52 bits per heavy atom. The number of carbonyl (C=O) groups is 1. The van der Waals surface area contributed by atoms with Crippen LogP contribution in [0.1, 0.15) is 17.2 Å². The maximum atomic E-state index is 11.4. The third kappa shape index (κ3) is 3.12. The molecule has 2 aromatic rings. The number of nitrogens with two attached hydrogens (primary N) is 1. The van der Waals surface area contributed by atoms with Gasteiger partial charge in [0.05, 0.1) is 11.7 Å². The van der Waals surface area contributed by atoms with Crippen molar-refractivity contribution >= 4 is 43.5 Å². The van der Waals surface area contributed by atoms with E-state index in [1.807, 2.05) is 36.4 Å². The molecule has 0 saturated heterocycles. The molecule has 1 amide bonds. The second-order valence-corrected chi connectivity index (χ2v) is 6.60. The molecule has 1 unspecified atom stereocenters. The van der Waals surface area contributed by atoms with E-state index < -0.39 is 0 Å². The summed E-state index contributed by atoms with van der Waals surface area (Å²) in [6.45, 7) is 0.0526. The van der Waals surface area contributed by atoms with Crippen molar-refractivity contribution in [3.8, 4) is 5.75 Å². The van der Waals surface area contributed by atoms with E-state index in [-0.39, 0.29) is 18.6 Å². The first kappa shape index (κ1) is 14.6. The first-order valence-electron chi connectivity index (χ1n) is 6.31. The van der Waals surface area contributed by atoms with Gasteiger partial charge in [0, 0.05) is 8.95 Å². The number of anilines is 1. The van der Waals surface area contributed by atoms with Gasteiger partial charge < -0.3 is 15.8 Å². The van der Waals surface area contributed by atoms with Crippen LogP contribution in [0.25, 0.3) is 0 Å². The van der Waals surface area contributed by atoms with Gasteiger partial charge in [-0.2, -0.15) is 0 Å². The molecule has 0 spiro atoms. The third-order valence-electron chi connectivity index (χ3n) is 3.24. The average Bonchev–Trinajstić information content (AvgIpc) is 2.44. The van der Waals surface area contributed by atoms with Crippen LogP contribution in [0.3, 0.4) is 0 Å². The molecule has 21 heavy (non-hydrogen) atoms. The van der Waals surface area contributed by atoms with Gasteiger partial charge in [-0.25, -0.2) is 0 Å². The molecule has 1 atom stereocenters. The topological polar surface area (TPSA) is 64.3 Å². The lowest BCUT2D eigenvalue weighted by Gasteiger charge is -2.20. The van der Waals surface area contributed by atoms with Crippen molar-refractivity contribution in [1.82, 2.24) is 0 Å². The number of nitrogens with one attached hydrogen (secondary N) is 1. The smallest absolute Gasteiger partial charge is 0.262 e. The SMILES string of the molecule is NC(c1cc(Br)cc(Br)c1)c1ccc2c(c1)NC(=O)CO2. The van der Waals surface area contributed by atoms with Gasteiger partial charge in [-0.3, -0.25) is 4.79 Å². The summed E-state index contributed by atoms with van der Waals surface area (Å²) < 4.78 is 7.26. The molecule has 0 fully saturated rings. The second kappa shape index (κ2) is 5.79. The molecule has 2 aromatic carbocycles. The van der Waals surface area contributed by atoms with Crippen LogP contribution in [-0.2, 0) is 4.79 Å². The quantitative estimate of drug-likeness (QED) is 0.793. The van der Waals surface area contributed by atoms with Crippen molar-refractivity contribution in [1.29, 1.82) is 0 Å².